The van der Waals surface area contributed by atoms with Crippen molar-refractivity contribution in [1.82, 2.24) is 19.9 Å². The summed E-state index contributed by atoms with van der Waals surface area (Å²) >= 11 is 0. The quantitative estimate of drug-likeness (QED) is 0.329. The highest BCUT2D eigenvalue weighted by atomic mass is 16.5. The summed E-state index contributed by atoms with van der Waals surface area (Å²) in [5.41, 5.74) is 1.86. The lowest BCUT2D eigenvalue weighted by Crippen LogP contribution is -2.15. The van der Waals surface area contributed by atoms with Gasteiger partial charge in [-0.25, -0.2) is 19.9 Å². The van der Waals surface area contributed by atoms with E-state index in [9.17, 15) is 5.11 Å². The second-order valence-corrected chi connectivity index (χ2v) is 8.35. The fraction of sp³-hybridized carbons (Fsp3) is 0.200. The Bertz CT molecular complexity index is 1490. The van der Waals surface area contributed by atoms with Crippen LogP contribution in [0, 0.1) is 0 Å². The molecule has 0 radical (unpaired) electrons. The third kappa shape index (κ3) is 3.97. The van der Waals surface area contributed by atoms with Crippen molar-refractivity contribution in [2.24, 2.45) is 0 Å². The molecule has 4 heterocycles. The van der Waals surface area contributed by atoms with Gasteiger partial charge >= 0.3 is 0 Å². The van der Waals surface area contributed by atoms with Crippen LogP contribution in [0.4, 0.5) is 17.5 Å². The van der Waals surface area contributed by atoms with Crippen molar-refractivity contribution in [3.8, 4) is 17.2 Å². The fourth-order valence-corrected chi connectivity index (χ4v) is 3.68. The predicted octanol–water partition coefficient (Wildman–Crippen LogP) is 4.85. The molecule has 5 rings (SSSR count). The minimum atomic E-state index is -0.957. The minimum Gasteiger partial charge on any atom is -0.497 e. The van der Waals surface area contributed by atoms with Crippen molar-refractivity contribution in [2.45, 2.75) is 19.4 Å². The van der Waals surface area contributed by atoms with Crippen LogP contribution in [0.15, 0.2) is 59.4 Å². The van der Waals surface area contributed by atoms with E-state index in [1.54, 1.807) is 45.6 Å². The van der Waals surface area contributed by atoms with Crippen molar-refractivity contribution in [1.29, 1.82) is 0 Å². The molecule has 1 aromatic carbocycles. The van der Waals surface area contributed by atoms with Crippen LogP contribution in [0.1, 0.15) is 19.4 Å². The standard InChI is InChI=1S/C25H24N6O3/c1-25(2,32)14-5-8-21(27-11-14)31-22-10-16-17(12-28-22)23(26-3)29-13-18(16)24-30-19-9-15(33-4)6-7-20(19)34-24/h5-13,32H,1-4H3,(H,26,29)(H,27,28,31). The molecule has 0 spiro atoms. The maximum atomic E-state index is 10.2. The van der Waals surface area contributed by atoms with Crippen LogP contribution in [-0.2, 0) is 5.60 Å². The number of rotatable bonds is 6. The number of methoxy groups -OCH3 is 1. The van der Waals surface area contributed by atoms with Crippen molar-refractivity contribution in [2.75, 3.05) is 24.8 Å². The van der Waals surface area contributed by atoms with E-state index in [1.807, 2.05) is 37.4 Å². The molecule has 34 heavy (non-hydrogen) atoms. The molecule has 0 saturated heterocycles. The smallest absolute Gasteiger partial charge is 0.229 e. The van der Waals surface area contributed by atoms with Crippen LogP contribution in [0.3, 0.4) is 0 Å². The van der Waals surface area contributed by atoms with Crippen LogP contribution in [-0.4, -0.2) is 39.2 Å². The molecule has 3 N–H and O–H groups in total. The largest absolute Gasteiger partial charge is 0.497 e. The molecule has 9 nitrogen and oxygen atoms in total. The van der Waals surface area contributed by atoms with Gasteiger partial charge in [-0.1, -0.05) is 6.07 Å². The number of nitrogens with zero attached hydrogens (tertiary/aromatic N) is 4. The summed E-state index contributed by atoms with van der Waals surface area (Å²) < 4.78 is 11.3. The lowest BCUT2D eigenvalue weighted by Gasteiger charge is -2.17. The highest BCUT2D eigenvalue weighted by molar-refractivity contribution is 6.01. The first-order chi connectivity index (χ1) is 16.4. The van der Waals surface area contributed by atoms with Crippen LogP contribution in [0.2, 0.25) is 0 Å². The van der Waals surface area contributed by atoms with Gasteiger partial charge in [0.15, 0.2) is 5.58 Å². The van der Waals surface area contributed by atoms with Gasteiger partial charge in [-0.05, 0) is 38.1 Å². The van der Waals surface area contributed by atoms with E-state index in [2.05, 4.69) is 30.6 Å². The van der Waals surface area contributed by atoms with Crippen molar-refractivity contribution in [3.05, 3.63) is 60.6 Å². The second kappa shape index (κ2) is 8.27. The summed E-state index contributed by atoms with van der Waals surface area (Å²) in [5, 5.41) is 18.2. The van der Waals surface area contributed by atoms with E-state index in [-0.39, 0.29) is 0 Å². The summed E-state index contributed by atoms with van der Waals surface area (Å²) in [7, 11) is 3.43. The van der Waals surface area contributed by atoms with E-state index in [1.165, 1.54) is 0 Å². The van der Waals surface area contributed by atoms with Gasteiger partial charge in [0.1, 0.15) is 28.7 Å². The summed E-state index contributed by atoms with van der Waals surface area (Å²) in [4.78, 5) is 18.1. The Hall–Kier alpha value is -4.24. The molecule has 172 valence electrons. The molecule has 0 aliphatic heterocycles. The Labute approximate surface area is 195 Å². The number of ether oxygens (including phenoxy) is 1. The number of anilines is 3. The van der Waals surface area contributed by atoms with E-state index < -0.39 is 5.60 Å². The number of nitrogens with one attached hydrogen (secondary N) is 2. The van der Waals surface area contributed by atoms with Crippen LogP contribution >= 0.6 is 0 Å². The number of fused-ring (bicyclic) bond motifs is 2. The number of oxazole rings is 1. The van der Waals surface area contributed by atoms with E-state index in [0.29, 0.717) is 40.2 Å². The van der Waals surface area contributed by atoms with Crippen molar-refractivity contribution in [3.63, 3.8) is 0 Å². The molecular formula is C25H24N6O3. The molecule has 0 bridgehead atoms. The lowest BCUT2D eigenvalue weighted by atomic mass is 10.0. The van der Waals surface area contributed by atoms with Gasteiger partial charge in [0.05, 0.1) is 18.3 Å². The molecule has 4 aromatic heterocycles. The zero-order valence-electron chi connectivity index (χ0n) is 19.2. The van der Waals surface area contributed by atoms with Crippen LogP contribution in [0.25, 0.3) is 33.3 Å². The van der Waals surface area contributed by atoms with Gasteiger partial charge < -0.3 is 24.9 Å². The number of hydrogen-bond donors (Lipinski definition) is 3. The third-order valence-corrected chi connectivity index (χ3v) is 5.56. The highest BCUT2D eigenvalue weighted by Gasteiger charge is 2.17. The summed E-state index contributed by atoms with van der Waals surface area (Å²) in [6.45, 7) is 3.44. The molecule has 0 saturated carbocycles. The first kappa shape index (κ1) is 21.6. The SMILES string of the molecule is CNc1ncc(-c2nc3cc(OC)ccc3o2)c2cc(Nc3ccc(C(C)(C)O)cn3)ncc12. The maximum absolute atomic E-state index is 10.2. The van der Waals surface area contributed by atoms with E-state index in [4.69, 9.17) is 9.15 Å². The molecule has 0 aliphatic rings. The van der Waals surface area contributed by atoms with E-state index in [0.717, 1.165) is 21.9 Å². The van der Waals surface area contributed by atoms with Gasteiger partial charge in [0, 0.05) is 48.0 Å². The van der Waals surface area contributed by atoms with Gasteiger partial charge in [-0.3, -0.25) is 0 Å². The second-order valence-electron chi connectivity index (χ2n) is 8.35. The number of aliphatic hydroxyl groups is 1. The zero-order chi connectivity index (χ0) is 23.9. The number of hydrogen-bond acceptors (Lipinski definition) is 9. The van der Waals surface area contributed by atoms with Crippen LogP contribution < -0.4 is 15.4 Å². The van der Waals surface area contributed by atoms with Crippen molar-refractivity contribution >= 4 is 39.3 Å². The predicted molar refractivity (Wildman–Crippen MR) is 131 cm³/mol. The van der Waals surface area contributed by atoms with E-state index >= 15 is 0 Å². The Kier molecular flexibility index (Phi) is 5.25. The number of benzene rings is 1. The lowest BCUT2D eigenvalue weighted by molar-refractivity contribution is 0.0782. The third-order valence-electron chi connectivity index (χ3n) is 5.56. The molecule has 0 unspecified atom stereocenters. The summed E-state index contributed by atoms with van der Waals surface area (Å²) in [5.74, 6) is 3.07. The molecule has 0 aliphatic carbocycles. The van der Waals surface area contributed by atoms with Crippen LogP contribution in [0.5, 0.6) is 5.75 Å². The Balaban J connectivity index is 1.57. The van der Waals surface area contributed by atoms with Gasteiger partial charge in [0.2, 0.25) is 5.89 Å². The highest BCUT2D eigenvalue weighted by Crippen LogP contribution is 2.34. The number of aromatic nitrogens is 4. The molecule has 5 aromatic rings. The molecule has 0 atom stereocenters. The Morgan fingerprint density at radius 2 is 1.76 bits per heavy atom. The van der Waals surface area contributed by atoms with Gasteiger partial charge in [-0.2, -0.15) is 0 Å². The maximum Gasteiger partial charge on any atom is 0.229 e. The number of pyridine rings is 3. The first-order valence-corrected chi connectivity index (χ1v) is 10.7. The van der Waals surface area contributed by atoms with Gasteiger partial charge in [0.25, 0.3) is 0 Å². The average molecular weight is 457 g/mol. The van der Waals surface area contributed by atoms with Gasteiger partial charge in [-0.15, -0.1) is 0 Å². The monoisotopic (exact) mass is 456 g/mol. The topological polar surface area (TPSA) is 118 Å². The molecule has 0 amide bonds. The summed E-state index contributed by atoms with van der Waals surface area (Å²) in [6, 6.07) is 11.0. The molecule has 0 fully saturated rings. The molecule has 9 heteroatoms. The Morgan fingerprint density at radius 1 is 0.941 bits per heavy atom. The minimum absolute atomic E-state index is 0.452. The fourth-order valence-electron chi connectivity index (χ4n) is 3.68. The summed E-state index contributed by atoms with van der Waals surface area (Å²) in [6.07, 6.45) is 5.12. The van der Waals surface area contributed by atoms with Crippen molar-refractivity contribution < 1.29 is 14.3 Å². The normalized spacial score (nSPS) is 11.7. The first-order valence-electron chi connectivity index (χ1n) is 10.7. The molecular weight excluding hydrogens is 432 g/mol. The average Bonchev–Trinajstić information content (AvgIpc) is 3.26. The Morgan fingerprint density at radius 3 is 2.47 bits per heavy atom. The zero-order valence-corrected chi connectivity index (χ0v) is 19.2.